The highest BCUT2D eigenvalue weighted by molar-refractivity contribution is 5.95. The van der Waals surface area contributed by atoms with Crippen LogP contribution < -0.4 is 20.7 Å². The largest absolute Gasteiger partial charge is 0.457 e. The monoisotopic (exact) mass is 417 g/mol. The maximum atomic E-state index is 12.2. The molecule has 3 aromatic carbocycles. The van der Waals surface area contributed by atoms with Crippen LogP contribution in [0.5, 0.6) is 11.5 Å². The molecule has 31 heavy (non-hydrogen) atoms. The minimum Gasteiger partial charge on any atom is -0.457 e. The zero-order valence-electron chi connectivity index (χ0n) is 17.6. The van der Waals surface area contributed by atoms with E-state index in [1.54, 1.807) is 48.5 Å². The van der Waals surface area contributed by atoms with E-state index >= 15 is 0 Å². The van der Waals surface area contributed by atoms with Gasteiger partial charge >= 0.3 is 0 Å². The molecule has 160 valence electrons. The standard InChI is InChI=1S/C25H27N3O3/c1-2-3-17-26-25(30)19-9-11-20(12-10-19)27-18-24(29)28-21-13-15-23(16-14-21)31-22-7-5-4-6-8-22/h4-16,27H,2-3,17-18H2,1H3,(H,26,30)(H,28,29). The third-order valence-electron chi connectivity index (χ3n) is 4.53. The Balaban J connectivity index is 1.44. The Labute approximate surface area is 182 Å². The second-order valence-corrected chi connectivity index (χ2v) is 7.03. The molecule has 0 saturated carbocycles. The third kappa shape index (κ3) is 7.19. The molecule has 3 aromatic rings. The molecule has 0 saturated heterocycles. The zero-order valence-corrected chi connectivity index (χ0v) is 17.6. The van der Waals surface area contributed by atoms with Gasteiger partial charge in [-0.25, -0.2) is 0 Å². The minimum atomic E-state index is -0.168. The molecular weight excluding hydrogens is 390 g/mol. The van der Waals surface area contributed by atoms with E-state index in [1.165, 1.54) is 0 Å². The maximum absolute atomic E-state index is 12.2. The van der Waals surface area contributed by atoms with Gasteiger partial charge in [-0.2, -0.15) is 0 Å². The molecule has 3 N–H and O–H groups in total. The van der Waals surface area contributed by atoms with Crippen molar-refractivity contribution in [1.82, 2.24) is 5.32 Å². The summed E-state index contributed by atoms with van der Waals surface area (Å²) in [7, 11) is 0. The molecule has 0 aliphatic heterocycles. The van der Waals surface area contributed by atoms with E-state index in [2.05, 4.69) is 22.9 Å². The number of hydrogen-bond acceptors (Lipinski definition) is 4. The van der Waals surface area contributed by atoms with Crippen LogP contribution in [0.2, 0.25) is 0 Å². The van der Waals surface area contributed by atoms with Gasteiger partial charge in [-0.05, 0) is 67.1 Å². The molecule has 0 heterocycles. The van der Waals surface area contributed by atoms with Crippen molar-refractivity contribution in [2.45, 2.75) is 19.8 Å². The molecule has 6 heteroatoms. The van der Waals surface area contributed by atoms with Crippen LogP contribution in [0.3, 0.4) is 0 Å². The van der Waals surface area contributed by atoms with Crippen LogP contribution in [0, 0.1) is 0 Å². The summed E-state index contributed by atoms with van der Waals surface area (Å²) in [5.41, 5.74) is 2.06. The first-order valence-electron chi connectivity index (χ1n) is 10.4. The smallest absolute Gasteiger partial charge is 0.251 e. The van der Waals surface area contributed by atoms with Gasteiger partial charge < -0.3 is 20.7 Å². The minimum absolute atomic E-state index is 0.0857. The van der Waals surface area contributed by atoms with Gasteiger partial charge in [-0.3, -0.25) is 9.59 Å². The predicted octanol–water partition coefficient (Wildman–Crippen LogP) is 5.06. The van der Waals surface area contributed by atoms with Crippen molar-refractivity contribution in [2.24, 2.45) is 0 Å². The molecule has 0 bridgehead atoms. The second-order valence-electron chi connectivity index (χ2n) is 7.03. The Morgan fingerprint density at radius 1 is 0.806 bits per heavy atom. The number of hydrogen-bond donors (Lipinski definition) is 3. The van der Waals surface area contributed by atoms with E-state index in [-0.39, 0.29) is 18.4 Å². The molecule has 0 fully saturated rings. The molecule has 3 rings (SSSR count). The van der Waals surface area contributed by atoms with Gasteiger partial charge in [0.25, 0.3) is 5.91 Å². The first-order chi connectivity index (χ1) is 15.1. The van der Waals surface area contributed by atoms with Crippen molar-refractivity contribution < 1.29 is 14.3 Å². The Morgan fingerprint density at radius 2 is 1.45 bits per heavy atom. The molecule has 0 spiro atoms. The van der Waals surface area contributed by atoms with Crippen molar-refractivity contribution in [3.8, 4) is 11.5 Å². The van der Waals surface area contributed by atoms with Crippen molar-refractivity contribution in [2.75, 3.05) is 23.7 Å². The van der Waals surface area contributed by atoms with Gasteiger partial charge in [0, 0.05) is 23.5 Å². The van der Waals surface area contributed by atoms with Crippen LogP contribution >= 0.6 is 0 Å². The Morgan fingerprint density at radius 3 is 2.13 bits per heavy atom. The van der Waals surface area contributed by atoms with Crippen LogP contribution in [0.15, 0.2) is 78.9 Å². The number of para-hydroxylation sites is 1. The van der Waals surface area contributed by atoms with Gasteiger partial charge in [0.1, 0.15) is 11.5 Å². The van der Waals surface area contributed by atoms with E-state index in [0.29, 0.717) is 23.5 Å². The SMILES string of the molecule is CCCCNC(=O)c1ccc(NCC(=O)Nc2ccc(Oc3ccccc3)cc2)cc1. The van der Waals surface area contributed by atoms with Crippen molar-refractivity contribution >= 4 is 23.2 Å². The third-order valence-corrected chi connectivity index (χ3v) is 4.53. The van der Waals surface area contributed by atoms with E-state index in [1.807, 2.05) is 30.3 Å². The zero-order chi connectivity index (χ0) is 21.9. The molecular formula is C25H27N3O3. The number of benzene rings is 3. The van der Waals surface area contributed by atoms with Crippen molar-refractivity contribution in [3.05, 3.63) is 84.4 Å². The first kappa shape index (κ1) is 21.9. The van der Waals surface area contributed by atoms with E-state index < -0.39 is 0 Å². The first-order valence-corrected chi connectivity index (χ1v) is 10.4. The number of amides is 2. The number of rotatable bonds is 10. The van der Waals surface area contributed by atoms with Gasteiger partial charge in [0.2, 0.25) is 5.91 Å². The molecule has 0 unspecified atom stereocenters. The fourth-order valence-electron chi connectivity index (χ4n) is 2.84. The molecule has 0 aliphatic carbocycles. The number of ether oxygens (including phenoxy) is 1. The normalized spacial score (nSPS) is 10.2. The summed E-state index contributed by atoms with van der Waals surface area (Å²) >= 11 is 0. The van der Waals surface area contributed by atoms with Gasteiger partial charge in [-0.1, -0.05) is 31.5 Å². The molecule has 0 aromatic heterocycles. The predicted molar refractivity (Wildman–Crippen MR) is 124 cm³/mol. The van der Waals surface area contributed by atoms with E-state index in [9.17, 15) is 9.59 Å². The molecule has 0 radical (unpaired) electrons. The number of anilines is 2. The van der Waals surface area contributed by atoms with Gasteiger partial charge in [-0.15, -0.1) is 0 Å². The topological polar surface area (TPSA) is 79.5 Å². The highest BCUT2D eigenvalue weighted by Gasteiger charge is 2.06. The Hall–Kier alpha value is -3.80. The molecule has 0 atom stereocenters. The van der Waals surface area contributed by atoms with Crippen LogP contribution in [0.4, 0.5) is 11.4 Å². The second kappa shape index (κ2) is 11.4. The summed E-state index contributed by atoms with van der Waals surface area (Å²) < 4.78 is 5.74. The summed E-state index contributed by atoms with van der Waals surface area (Å²) in [4.78, 5) is 24.2. The summed E-state index contributed by atoms with van der Waals surface area (Å²) in [6, 6.07) is 23.8. The number of nitrogens with one attached hydrogen (secondary N) is 3. The van der Waals surface area contributed by atoms with Crippen molar-refractivity contribution in [1.29, 1.82) is 0 Å². The van der Waals surface area contributed by atoms with Crippen LogP contribution in [0.25, 0.3) is 0 Å². The highest BCUT2D eigenvalue weighted by Crippen LogP contribution is 2.22. The number of carbonyl (C=O) groups is 2. The summed E-state index contributed by atoms with van der Waals surface area (Å²) in [6.45, 7) is 2.87. The van der Waals surface area contributed by atoms with Crippen LogP contribution in [-0.4, -0.2) is 24.9 Å². The summed E-state index contributed by atoms with van der Waals surface area (Å²) in [5, 5.41) is 8.78. The average molecular weight is 418 g/mol. The average Bonchev–Trinajstić information content (AvgIpc) is 2.80. The van der Waals surface area contributed by atoms with E-state index in [0.717, 1.165) is 24.3 Å². The lowest BCUT2D eigenvalue weighted by atomic mass is 10.2. The lowest BCUT2D eigenvalue weighted by Gasteiger charge is -2.10. The summed E-state index contributed by atoms with van der Waals surface area (Å²) in [6.07, 6.45) is 2.00. The summed E-state index contributed by atoms with van der Waals surface area (Å²) in [5.74, 6) is 1.20. The Bertz CT molecular complexity index is 971. The van der Waals surface area contributed by atoms with Crippen LogP contribution in [0.1, 0.15) is 30.1 Å². The lowest BCUT2D eigenvalue weighted by molar-refractivity contribution is -0.114. The Kier molecular flexibility index (Phi) is 8.05. The van der Waals surface area contributed by atoms with Gasteiger partial charge in [0.05, 0.1) is 6.54 Å². The fraction of sp³-hybridized carbons (Fsp3) is 0.200. The number of carbonyl (C=O) groups excluding carboxylic acids is 2. The van der Waals surface area contributed by atoms with Gasteiger partial charge in [0.15, 0.2) is 0 Å². The van der Waals surface area contributed by atoms with Crippen molar-refractivity contribution in [3.63, 3.8) is 0 Å². The highest BCUT2D eigenvalue weighted by atomic mass is 16.5. The molecule has 6 nitrogen and oxygen atoms in total. The molecule has 2 amide bonds. The number of unbranched alkanes of at least 4 members (excludes halogenated alkanes) is 1. The lowest BCUT2D eigenvalue weighted by Crippen LogP contribution is -2.24. The van der Waals surface area contributed by atoms with E-state index in [4.69, 9.17) is 4.74 Å². The molecule has 0 aliphatic rings. The maximum Gasteiger partial charge on any atom is 0.251 e. The fourth-order valence-corrected chi connectivity index (χ4v) is 2.84. The quantitative estimate of drug-likeness (QED) is 0.403. The van der Waals surface area contributed by atoms with Crippen LogP contribution in [-0.2, 0) is 4.79 Å².